The van der Waals surface area contributed by atoms with Gasteiger partial charge in [0.25, 0.3) is 5.91 Å². The molecule has 0 atom stereocenters. The third kappa shape index (κ3) is 3.73. The second kappa shape index (κ2) is 6.86. The van der Waals surface area contributed by atoms with Gasteiger partial charge in [-0.1, -0.05) is 6.07 Å². The number of rotatable bonds is 5. The first-order valence-corrected chi connectivity index (χ1v) is 8.44. The number of aromatic nitrogens is 1. The molecule has 1 aromatic heterocycles. The molecule has 7 nitrogen and oxygen atoms in total. The second-order valence-electron chi connectivity index (χ2n) is 6.95. The van der Waals surface area contributed by atoms with Crippen LogP contribution in [0.15, 0.2) is 24.4 Å². The molecule has 0 saturated carbocycles. The number of amides is 3. The van der Waals surface area contributed by atoms with Gasteiger partial charge in [0.05, 0.1) is 5.69 Å². The van der Waals surface area contributed by atoms with Crippen molar-refractivity contribution in [2.75, 3.05) is 39.3 Å². The first-order valence-electron chi connectivity index (χ1n) is 8.44. The van der Waals surface area contributed by atoms with E-state index in [1.54, 1.807) is 13.8 Å². The van der Waals surface area contributed by atoms with Crippen molar-refractivity contribution in [3.8, 4) is 0 Å². The molecular weight excluding hydrogens is 306 g/mol. The number of nitrogens with one attached hydrogen (secondary N) is 1. The number of piperazine rings is 1. The minimum absolute atomic E-state index is 0.138. The molecule has 0 aliphatic carbocycles. The third-order valence-corrected chi connectivity index (χ3v) is 4.66. The van der Waals surface area contributed by atoms with Crippen molar-refractivity contribution in [1.82, 2.24) is 25.0 Å². The number of hydrogen-bond acceptors (Lipinski definition) is 5. The highest BCUT2D eigenvalue weighted by Crippen LogP contribution is 2.16. The Bertz CT molecular complexity index is 596. The van der Waals surface area contributed by atoms with E-state index in [0.29, 0.717) is 6.54 Å². The minimum atomic E-state index is -0.779. The van der Waals surface area contributed by atoms with Gasteiger partial charge < -0.3 is 5.32 Å². The molecule has 1 N–H and O–H groups in total. The third-order valence-electron chi connectivity index (χ3n) is 4.66. The molecule has 24 heavy (non-hydrogen) atoms. The predicted octanol–water partition coefficient (Wildman–Crippen LogP) is 0.530. The van der Waals surface area contributed by atoms with Gasteiger partial charge >= 0.3 is 6.03 Å². The Labute approximate surface area is 142 Å². The summed E-state index contributed by atoms with van der Waals surface area (Å²) in [6, 6.07) is 5.71. The van der Waals surface area contributed by atoms with Gasteiger partial charge in [-0.25, -0.2) is 4.79 Å². The Morgan fingerprint density at radius 3 is 2.38 bits per heavy atom. The zero-order valence-electron chi connectivity index (χ0n) is 14.4. The smallest absolute Gasteiger partial charge is 0.324 e. The number of carbonyl (C=O) groups is 2. The SMILES string of the molecule is CC1(C)NC(=O)N(CCN2CCN(Cc3ccccn3)CC2)C1=O. The molecule has 3 rings (SSSR count). The number of urea groups is 1. The molecule has 2 aliphatic rings. The molecule has 0 radical (unpaired) electrons. The van der Waals surface area contributed by atoms with Gasteiger partial charge in [0.1, 0.15) is 5.54 Å². The normalized spacial score (nSPS) is 22.0. The topological polar surface area (TPSA) is 68.8 Å². The number of carbonyl (C=O) groups excluding carboxylic acids is 2. The average Bonchev–Trinajstić information content (AvgIpc) is 2.76. The van der Waals surface area contributed by atoms with E-state index < -0.39 is 5.54 Å². The molecule has 130 valence electrons. The van der Waals surface area contributed by atoms with Crippen molar-refractivity contribution in [3.05, 3.63) is 30.1 Å². The number of pyridine rings is 1. The molecule has 0 unspecified atom stereocenters. The first kappa shape index (κ1) is 16.9. The van der Waals surface area contributed by atoms with Crippen LogP contribution < -0.4 is 5.32 Å². The van der Waals surface area contributed by atoms with Crippen molar-refractivity contribution in [2.45, 2.75) is 25.9 Å². The molecule has 0 bridgehead atoms. The van der Waals surface area contributed by atoms with E-state index in [-0.39, 0.29) is 11.9 Å². The van der Waals surface area contributed by atoms with Gasteiger partial charge in [-0.3, -0.25) is 24.5 Å². The predicted molar refractivity (Wildman–Crippen MR) is 90.3 cm³/mol. The summed E-state index contributed by atoms with van der Waals surface area (Å²) in [5.74, 6) is -0.138. The summed E-state index contributed by atoms with van der Waals surface area (Å²) in [6.07, 6.45) is 1.82. The fraction of sp³-hybridized carbons (Fsp3) is 0.588. The van der Waals surface area contributed by atoms with E-state index in [4.69, 9.17) is 0 Å². The zero-order chi connectivity index (χ0) is 17.2. The van der Waals surface area contributed by atoms with Crippen LogP contribution >= 0.6 is 0 Å². The first-order chi connectivity index (χ1) is 11.5. The molecule has 2 saturated heterocycles. The molecule has 3 heterocycles. The van der Waals surface area contributed by atoms with Crippen molar-refractivity contribution in [3.63, 3.8) is 0 Å². The summed E-state index contributed by atoms with van der Waals surface area (Å²) in [5, 5.41) is 2.72. The molecule has 3 amide bonds. The van der Waals surface area contributed by atoms with E-state index >= 15 is 0 Å². The van der Waals surface area contributed by atoms with Crippen LogP contribution in [-0.2, 0) is 11.3 Å². The van der Waals surface area contributed by atoms with E-state index in [0.717, 1.165) is 45.0 Å². The fourth-order valence-corrected chi connectivity index (χ4v) is 3.15. The van der Waals surface area contributed by atoms with Gasteiger partial charge in [0.15, 0.2) is 0 Å². The lowest BCUT2D eigenvalue weighted by atomic mass is 10.1. The van der Waals surface area contributed by atoms with Crippen LogP contribution in [0.5, 0.6) is 0 Å². The maximum atomic E-state index is 12.2. The van der Waals surface area contributed by atoms with Gasteiger partial charge in [0, 0.05) is 52.0 Å². The van der Waals surface area contributed by atoms with Gasteiger partial charge in [-0.15, -0.1) is 0 Å². The van der Waals surface area contributed by atoms with Crippen LogP contribution in [-0.4, -0.2) is 76.4 Å². The Hall–Kier alpha value is -1.99. The van der Waals surface area contributed by atoms with Crippen LogP contribution in [0.1, 0.15) is 19.5 Å². The van der Waals surface area contributed by atoms with Crippen LogP contribution in [0, 0.1) is 0 Å². The fourth-order valence-electron chi connectivity index (χ4n) is 3.15. The van der Waals surface area contributed by atoms with Crippen molar-refractivity contribution in [1.29, 1.82) is 0 Å². The molecule has 0 spiro atoms. The van der Waals surface area contributed by atoms with Gasteiger partial charge in [-0.2, -0.15) is 0 Å². The number of hydrogen-bond donors (Lipinski definition) is 1. The zero-order valence-corrected chi connectivity index (χ0v) is 14.4. The Morgan fingerprint density at radius 1 is 1.08 bits per heavy atom. The Balaban J connectivity index is 1.43. The summed E-state index contributed by atoms with van der Waals surface area (Å²) in [5.41, 5.74) is 0.311. The summed E-state index contributed by atoms with van der Waals surface area (Å²) in [4.78, 5) is 34.5. The highest BCUT2D eigenvalue weighted by atomic mass is 16.2. The largest absolute Gasteiger partial charge is 0.325 e. The van der Waals surface area contributed by atoms with Crippen molar-refractivity contribution >= 4 is 11.9 Å². The minimum Gasteiger partial charge on any atom is -0.324 e. The summed E-state index contributed by atoms with van der Waals surface area (Å²) < 4.78 is 0. The Morgan fingerprint density at radius 2 is 1.79 bits per heavy atom. The van der Waals surface area contributed by atoms with Crippen LogP contribution in [0.2, 0.25) is 0 Å². The van der Waals surface area contributed by atoms with E-state index in [1.165, 1.54) is 4.90 Å². The Kier molecular flexibility index (Phi) is 4.82. The molecule has 2 aliphatic heterocycles. The lowest BCUT2D eigenvalue weighted by molar-refractivity contribution is -0.130. The summed E-state index contributed by atoms with van der Waals surface area (Å²) in [6.45, 7) is 9.37. The molecule has 7 heteroatoms. The highest BCUT2D eigenvalue weighted by Gasteiger charge is 2.43. The lowest BCUT2D eigenvalue weighted by Crippen LogP contribution is -2.49. The van der Waals surface area contributed by atoms with E-state index in [9.17, 15) is 9.59 Å². The average molecular weight is 331 g/mol. The van der Waals surface area contributed by atoms with Gasteiger partial charge in [-0.05, 0) is 26.0 Å². The van der Waals surface area contributed by atoms with Crippen LogP contribution in [0.3, 0.4) is 0 Å². The quantitative estimate of drug-likeness (QED) is 0.797. The maximum Gasteiger partial charge on any atom is 0.325 e. The number of nitrogens with zero attached hydrogens (tertiary/aromatic N) is 4. The molecule has 0 aromatic carbocycles. The second-order valence-corrected chi connectivity index (χ2v) is 6.95. The van der Waals surface area contributed by atoms with Crippen molar-refractivity contribution < 1.29 is 9.59 Å². The summed E-state index contributed by atoms with van der Waals surface area (Å²) >= 11 is 0. The van der Waals surface area contributed by atoms with E-state index in [2.05, 4.69) is 20.1 Å². The standard InChI is InChI=1S/C17H25N5O2/c1-17(2)15(23)22(16(24)19-17)12-11-20-7-9-21(10-8-20)13-14-5-3-4-6-18-14/h3-6H,7-13H2,1-2H3,(H,19,24). The monoisotopic (exact) mass is 331 g/mol. The number of imide groups is 1. The molecule has 2 fully saturated rings. The van der Waals surface area contributed by atoms with Crippen molar-refractivity contribution in [2.24, 2.45) is 0 Å². The molecule has 1 aromatic rings. The van der Waals surface area contributed by atoms with Gasteiger partial charge in [0.2, 0.25) is 0 Å². The summed E-state index contributed by atoms with van der Waals surface area (Å²) in [7, 11) is 0. The lowest BCUT2D eigenvalue weighted by Gasteiger charge is -2.35. The molecular formula is C17H25N5O2. The van der Waals surface area contributed by atoms with Crippen LogP contribution in [0.25, 0.3) is 0 Å². The van der Waals surface area contributed by atoms with E-state index in [1.807, 2.05) is 24.4 Å². The van der Waals surface area contributed by atoms with Crippen LogP contribution in [0.4, 0.5) is 4.79 Å². The highest BCUT2D eigenvalue weighted by molar-refractivity contribution is 6.06. The maximum absolute atomic E-state index is 12.2.